The SMILES string of the molecule is Cc1nnc(CNC(=O)C(C)n2nnc3ccccc3c2=O)o1. The van der Waals surface area contributed by atoms with Crippen LogP contribution >= 0.6 is 0 Å². The first-order valence-electron chi connectivity index (χ1n) is 6.97. The minimum absolute atomic E-state index is 0.0831. The molecule has 0 aliphatic heterocycles. The van der Waals surface area contributed by atoms with Crippen molar-refractivity contribution >= 4 is 16.8 Å². The van der Waals surface area contributed by atoms with E-state index in [1.807, 2.05) is 0 Å². The smallest absolute Gasteiger partial charge is 0.278 e. The number of benzene rings is 1. The average molecular weight is 314 g/mol. The number of carbonyl (C=O) groups is 1. The number of rotatable bonds is 4. The molecule has 9 nitrogen and oxygen atoms in total. The highest BCUT2D eigenvalue weighted by Gasteiger charge is 2.19. The summed E-state index contributed by atoms with van der Waals surface area (Å²) in [5.74, 6) is 0.312. The van der Waals surface area contributed by atoms with Crippen LogP contribution in [0.25, 0.3) is 10.9 Å². The fourth-order valence-electron chi connectivity index (χ4n) is 2.09. The van der Waals surface area contributed by atoms with Gasteiger partial charge in [0.2, 0.25) is 17.7 Å². The molecular weight excluding hydrogens is 300 g/mol. The highest BCUT2D eigenvalue weighted by atomic mass is 16.4. The molecule has 9 heteroatoms. The molecule has 0 saturated heterocycles. The molecule has 0 bridgehead atoms. The van der Waals surface area contributed by atoms with E-state index in [1.165, 1.54) is 0 Å². The van der Waals surface area contributed by atoms with E-state index in [1.54, 1.807) is 38.1 Å². The van der Waals surface area contributed by atoms with Crippen molar-refractivity contribution < 1.29 is 9.21 Å². The summed E-state index contributed by atoms with van der Waals surface area (Å²) in [4.78, 5) is 24.6. The van der Waals surface area contributed by atoms with Crippen molar-refractivity contribution in [2.24, 2.45) is 0 Å². The van der Waals surface area contributed by atoms with Crippen LogP contribution in [0.4, 0.5) is 0 Å². The molecule has 0 saturated carbocycles. The van der Waals surface area contributed by atoms with Gasteiger partial charge in [-0.1, -0.05) is 17.3 Å². The topological polar surface area (TPSA) is 116 Å². The lowest BCUT2D eigenvalue weighted by molar-refractivity contribution is -0.124. The number of aromatic nitrogens is 5. The second-order valence-corrected chi connectivity index (χ2v) is 4.96. The van der Waals surface area contributed by atoms with Crippen LogP contribution in [-0.2, 0) is 11.3 Å². The molecular formula is C14H14N6O3. The molecule has 1 amide bonds. The minimum Gasteiger partial charge on any atom is -0.424 e. The Hall–Kier alpha value is -3.10. The zero-order chi connectivity index (χ0) is 16.4. The third-order valence-electron chi connectivity index (χ3n) is 3.32. The van der Waals surface area contributed by atoms with Gasteiger partial charge >= 0.3 is 0 Å². The van der Waals surface area contributed by atoms with Crippen molar-refractivity contribution in [2.75, 3.05) is 0 Å². The Morgan fingerprint density at radius 2 is 2.09 bits per heavy atom. The van der Waals surface area contributed by atoms with Crippen molar-refractivity contribution in [3.05, 3.63) is 46.4 Å². The van der Waals surface area contributed by atoms with Crippen molar-refractivity contribution in [3.63, 3.8) is 0 Å². The van der Waals surface area contributed by atoms with E-state index in [4.69, 9.17) is 4.42 Å². The van der Waals surface area contributed by atoms with Crippen molar-refractivity contribution in [1.29, 1.82) is 0 Å². The zero-order valence-corrected chi connectivity index (χ0v) is 12.6. The van der Waals surface area contributed by atoms with Crippen LogP contribution in [0.15, 0.2) is 33.5 Å². The number of carbonyl (C=O) groups excluding carboxylic acids is 1. The fourth-order valence-corrected chi connectivity index (χ4v) is 2.09. The highest BCUT2D eigenvalue weighted by molar-refractivity contribution is 5.80. The average Bonchev–Trinajstić information content (AvgIpc) is 2.98. The summed E-state index contributed by atoms with van der Waals surface area (Å²) in [6.07, 6.45) is 0. The summed E-state index contributed by atoms with van der Waals surface area (Å²) >= 11 is 0. The lowest BCUT2D eigenvalue weighted by atomic mass is 10.2. The Morgan fingerprint density at radius 1 is 1.30 bits per heavy atom. The lowest BCUT2D eigenvalue weighted by Gasteiger charge is -2.12. The van der Waals surface area contributed by atoms with E-state index >= 15 is 0 Å². The maximum Gasteiger partial charge on any atom is 0.278 e. The van der Waals surface area contributed by atoms with E-state index in [2.05, 4.69) is 25.8 Å². The van der Waals surface area contributed by atoms with Crippen LogP contribution in [0.5, 0.6) is 0 Å². The summed E-state index contributed by atoms with van der Waals surface area (Å²) < 4.78 is 6.22. The Labute approximate surface area is 130 Å². The van der Waals surface area contributed by atoms with Crippen LogP contribution in [0.1, 0.15) is 24.7 Å². The van der Waals surface area contributed by atoms with Crippen LogP contribution in [0.3, 0.4) is 0 Å². The zero-order valence-electron chi connectivity index (χ0n) is 12.6. The quantitative estimate of drug-likeness (QED) is 0.739. The van der Waals surface area contributed by atoms with Gasteiger partial charge in [0.15, 0.2) is 0 Å². The molecule has 1 aromatic carbocycles. The summed E-state index contributed by atoms with van der Waals surface area (Å²) in [5, 5.41) is 18.3. The number of hydrogen-bond donors (Lipinski definition) is 1. The number of nitrogens with one attached hydrogen (secondary N) is 1. The van der Waals surface area contributed by atoms with E-state index in [0.717, 1.165) is 4.68 Å². The molecule has 1 unspecified atom stereocenters. The second-order valence-electron chi connectivity index (χ2n) is 4.96. The molecule has 1 N–H and O–H groups in total. The van der Waals surface area contributed by atoms with Gasteiger partial charge in [0.05, 0.1) is 11.9 Å². The van der Waals surface area contributed by atoms with E-state index in [-0.39, 0.29) is 12.1 Å². The fraction of sp³-hybridized carbons (Fsp3) is 0.286. The first-order valence-corrected chi connectivity index (χ1v) is 6.97. The van der Waals surface area contributed by atoms with Crippen molar-refractivity contribution in [2.45, 2.75) is 26.4 Å². The van der Waals surface area contributed by atoms with Gasteiger partial charge in [-0.05, 0) is 19.1 Å². The largest absolute Gasteiger partial charge is 0.424 e. The van der Waals surface area contributed by atoms with Crippen LogP contribution < -0.4 is 10.9 Å². The van der Waals surface area contributed by atoms with Gasteiger partial charge in [-0.2, -0.15) is 4.68 Å². The third-order valence-corrected chi connectivity index (χ3v) is 3.32. The maximum atomic E-state index is 12.4. The predicted molar refractivity (Wildman–Crippen MR) is 79.4 cm³/mol. The molecule has 118 valence electrons. The second kappa shape index (κ2) is 5.95. The highest BCUT2D eigenvalue weighted by Crippen LogP contribution is 2.07. The molecule has 23 heavy (non-hydrogen) atoms. The molecule has 2 aromatic heterocycles. The Bertz CT molecular complexity index is 916. The van der Waals surface area contributed by atoms with Crippen molar-refractivity contribution in [1.82, 2.24) is 30.5 Å². The van der Waals surface area contributed by atoms with Gasteiger partial charge in [0.1, 0.15) is 11.6 Å². The molecule has 0 fully saturated rings. The Kier molecular flexibility index (Phi) is 3.83. The number of aryl methyl sites for hydroxylation is 1. The van der Waals surface area contributed by atoms with Gasteiger partial charge in [-0.15, -0.1) is 15.3 Å². The normalized spacial score (nSPS) is 12.3. The summed E-state index contributed by atoms with van der Waals surface area (Å²) in [7, 11) is 0. The minimum atomic E-state index is -0.816. The monoisotopic (exact) mass is 314 g/mol. The number of fused-ring (bicyclic) bond motifs is 1. The van der Waals surface area contributed by atoms with Gasteiger partial charge in [-0.3, -0.25) is 9.59 Å². The first-order chi connectivity index (χ1) is 11.1. The molecule has 0 aliphatic carbocycles. The van der Waals surface area contributed by atoms with Gasteiger partial charge in [-0.25, -0.2) is 0 Å². The van der Waals surface area contributed by atoms with E-state index in [0.29, 0.717) is 22.7 Å². The molecule has 0 aliphatic rings. The molecule has 2 heterocycles. The molecule has 3 rings (SSSR count). The van der Waals surface area contributed by atoms with E-state index in [9.17, 15) is 9.59 Å². The lowest BCUT2D eigenvalue weighted by Crippen LogP contribution is -2.37. The van der Waals surface area contributed by atoms with Crippen molar-refractivity contribution in [3.8, 4) is 0 Å². The summed E-state index contributed by atoms with van der Waals surface area (Å²) in [6.45, 7) is 3.31. The molecule has 3 aromatic rings. The molecule has 1 atom stereocenters. The van der Waals surface area contributed by atoms with Crippen LogP contribution in [0, 0.1) is 6.92 Å². The summed E-state index contributed by atoms with van der Waals surface area (Å²) in [5.41, 5.74) is 0.120. The number of amides is 1. The Morgan fingerprint density at radius 3 is 2.83 bits per heavy atom. The third kappa shape index (κ3) is 2.93. The van der Waals surface area contributed by atoms with Gasteiger partial charge in [0.25, 0.3) is 5.56 Å². The van der Waals surface area contributed by atoms with Crippen LogP contribution in [-0.4, -0.2) is 31.1 Å². The standard InChI is InChI=1S/C14H14N6O3/c1-8(13(21)15-7-12-18-16-9(2)23-12)20-14(22)10-5-3-4-6-11(10)17-19-20/h3-6,8H,7H2,1-2H3,(H,15,21). The van der Waals surface area contributed by atoms with Gasteiger partial charge < -0.3 is 9.73 Å². The Balaban J connectivity index is 1.79. The molecule has 0 radical (unpaired) electrons. The summed E-state index contributed by atoms with van der Waals surface area (Å²) in [6, 6.07) is 6.02. The first kappa shape index (κ1) is 14.8. The molecule has 0 spiro atoms. The van der Waals surface area contributed by atoms with Gasteiger partial charge in [0, 0.05) is 6.92 Å². The van der Waals surface area contributed by atoms with E-state index < -0.39 is 11.9 Å². The number of nitrogens with zero attached hydrogens (tertiary/aromatic N) is 5. The predicted octanol–water partition coefficient (Wildman–Crippen LogP) is 0.360. The van der Waals surface area contributed by atoms with Crippen LogP contribution in [0.2, 0.25) is 0 Å². The maximum absolute atomic E-state index is 12.4. The number of hydrogen-bond acceptors (Lipinski definition) is 7.